The Morgan fingerprint density at radius 2 is 1.38 bits per heavy atom. The normalized spacial score (nSPS) is 20.2. The number of carbonyl (C=O) groups excluding carboxylic acids is 2. The van der Waals surface area contributed by atoms with Gasteiger partial charge in [-0.3, -0.25) is 9.59 Å². The Hall–Kier alpha value is -0.660. The van der Waals surface area contributed by atoms with E-state index in [2.05, 4.69) is 0 Å². The zero-order valence-electron chi connectivity index (χ0n) is 8.56. The summed E-state index contributed by atoms with van der Waals surface area (Å²) in [5.41, 5.74) is -0.566. The molecule has 0 atom stereocenters. The minimum Gasteiger partial charge on any atom is -0.299 e. The summed E-state index contributed by atoms with van der Waals surface area (Å²) in [5.74, 6) is 0.328. The highest BCUT2D eigenvalue weighted by atomic mass is 16.2. The van der Waals surface area contributed by atoms with Crippen LogP contribution in [0.4, 0.5) is 0 Å². The molecule has 13 heavy (non-hydrogen) atoms. The maximum Gasteiger partial charge on any atom is 0.146 e. The van der Waals surface area contributed by atoms with Crippen LogP contribution in [0.2, 0.25) is 0 Å². The third-order valence-corrected chi connectivity index (χ3v) is 3.17. The molecule has 1 rings (SSSR count). The van der Waals surface area contributed by atoms with Crippen molar-refractivity contribution in [2.45, 2.75) is 52.4 Å². The van der Waals surface area contributed by atoms with Crippen molar-refractivity contribution in [3.8, 4) is 0 Å². The monoisotopic (exact) mass is 182 g/mol. The maximum absolute atomic E-state index is 11.7. The molecule has 74 valence electrons. The van der Waals surface area contributed by atoms with Gasteiger partial charge in [0, 0.05) is 12.8 Å². The predicted octanol–water partition coefficient (Wildman–Crippen LogP) is 2.51. The molecule has 2 nitrogen and oxygen atoms in total. The minimum atomic E-state index is -0.566. The van der Waals surface area contributed by atoms with Crippen LogP contribution in [0.15, 0.2) is 0 Å². The lowest BCUT2D eigenvalue weighted by molar-refractivity contribution is -0.140. The van der Waals surface area contributed by atoms with Gasteiger partial charge in [0.25, 0.3) is 0 Å². The molecule has 0 aliphatic heterocycles. The SMILES string of the molecule is CCC(=O)C1(C(=O)CC)CCCC1. The van der Waals surface area contributed by atoms with Crippen LogP contribution in [-0.2, 0) is 9.59 Å². The number of hydrogen-bond donors (Lipinski definition) is 0. The average molecular weight is 182 g/mol. The average Bonchev–Trinajstić information content (AvgIpc) is 2.65. The molecule has 0 bridgehead atoms. The van der Waals surface area contributed by atoms with Gasteiger partial charge in [0.2, 0.25) is 0 Å². The van der Waals surface area contributed by atoms with Crippen molar-refractivity contribution in [2.24, 2.45) is 5.41 Å². The van der Waals surface area contributed by atoms with Crippen LogP contribution in [0.5, 0.6) is 0 Å². The van der Waals surface area contributed by atoms with Gasteiger partial charge >= 0.3 is 0 Å². The van der Waals surface area contributed by atoms with Gasteiger partial charge in [-0.05, 0) is 12.8 Å². The van der Waals surface area contributed by atoms with Crippen LogP contribution in [-0.4, -0.2) is 11.6 Å². The number of rotatable bonds is 4. The van der Waals surface area contributed by atoms with Gasteiger partial charge in [-0.1, -0.05) is 26.7 Å². The molecular formula is C11H18O2. The third kappa shape index (κ3) is 1.67. The second-order valence-electron chi connectivity index (χ2n) is 3.84. The quantitative estimate of drug-likeness (QED) is 0.626. The number of hydrogen-bond acceptors (Lipinski definition) is 2. The zero-order chi connectivity index (χ0) is 9.90. The number of Topliss-reactive ketones (excluding diaryl/α,β-unsaturated/α-hetero) is 2. The summed E-state index contributed by atoms with van der Waals surface area (Å²) >= 11 is 0. The van der Waals surface area contributed by atoms with E-state index < -0.39 is 5.41 Å². The molecule has 0 N–H and O–H groups in total. The summed E-state index contributed by atoms with van der Waals surface area (Å²) in [6, 6.07) is 0. The zero-order valence-corrected chi connectivity index (χ0v) is 8.56. The Morgan fingerprint density at radius 1 is 1.00 bits per heavy atom. The standard InChI is InChI=1S/C11H18O2/c1-3-9(12)11(10(13)4-2)7-5-6-8-11/h3-8H2,1-2H3. The Balaban J connectivity index is 2.86. The Morgan fingerprint density at radius 3 is 1.69 bits per heavy atom. The van der Waals surface area contributed by atoms with E-state index in [0.29, 0.717) is 12.8 Å². The van der Waals surface area contributed by atoms with Gasteiger partial charge in [-0.2, -0.15) is 0 Å². The molecule has 0 saturated heterocycles. The van der Waals surface area contributed by atoms with E-state index in [-0.39, 0.29) is 11.6 Å². The highest BCUT2D eigenvalue weighted by Gasteiger charge is 2.44. The molecule has 1 fully saturated rings. The first-order chi connectivity index (χ1) is 6.17. The lowest BCUT2D eigenvalue weighted by atomic mass is 9.76. The molecule has 0 aromatic rings. The lowest BCUT2D eigenvalue weighted by Crippen LogP contribution is -2.36. The molecule has 0 unspecified atom stereocenters. The Labute approximate surface area is 79.7 Å². The van der Waals surface area contributed by atoms with Crippen molar-refractivity contribution < 1.29 is 9.59 Å². The molecule has 0 spiro atoms. The minimum absolute atomic E-state index is 0.164. The van der Waals surface area contributed by atoms with E-state index in [9.17, 15) is 9.59 Å². The summed E-state index contributed by atoms with van der Waals surface area (Å²) in [6.07, 6.45) is 4.69. The van der Waals surface area contributed by atoms with Crippen molar-refractivity contribution >= 4 is 11.6 Å². The molecule has 0 radical (unpaired) electrons. The molecule has 0 aromatic carbocycles. The van der Waals surface area contributed by atoms with Gasteiger partial charge in [-0.15, -0.1) is 0 Å². The van der Waals surface area contributed by atoms with E-state index in [1.807, 2.05) is 13.8 Å². The molecule has 1 aliphatic carbocycles. The topological polar surface area (TPSA) is 34.1 Å². The largest absolute Gasteiger partial charge is 0.299 e. The molecule has 1 saturated carbocycles. The first-order valence-corrected chi connectivity index (χ1v) is 5.24. The first kappa shape index (κ1) is 10.4. The number of carbonyl (C=O) groups is 2. The lowest BCUT2D eigenvalue weighted by Gasteiger charge is -2.24. The smallest absolute Gasteiger partial charge is 0.146 e. The van der Waals surface area contributed by atoms with Crippen LogP contribution >= 0.6 is 0 Å². The third-order valence-electron chi connectivity index (χ3n) is 3.17. The van der Waals surface area contributed by atoms with Gasteiger partial charge in [0.1, 0.15) is 11.6 Å². The van der Waals surface area contributed by atoms with Crippen LogP contribution in [0, 0.1) is 5.41 Å². The van der Waals surface area contributed by atoms with E-state index in [4.69, 9.17) is 0 Å². The second kappa shape index (κ2) is 4.03. The van der Waals surface area contributed by atoms with Gasteiger partial charge in [-0.25, -0.2) is 0 Å². The van der Waals surface area contributed by atoms with Crippen LogP contribution in [0.3, 0.4) is 0 Å². The van der Waals surface area contributed by atoms with Gasteiger partial charge in [0.05, 0.1) is 5.41 Å². The van der Waals surface area contributed by atoms with Crippen molar-refractivity contribution in [3.05, 3.63) is 0 Å². The summed E-state index contributed by atoms with van der Waals surface area (Å²) in [6.45, 7) is 3.71. The predicted molar refractivity (Wildman–Crippen MR) is 51.5 cm³/mol. The Kier molecular flexibility index (Phi) is 3.23. The maximum atomic E-state index is 11.7. The van der Waals surface area contributed by atoms with E-state index in [0.717, 1.165) is 25.7 Å². The number of ketones is 2. The molecule has 1 aliphatic rings. The summed E-state index contributed by atoms with van der Waals surface area (Å²) in [7, 11) is 0. The molecular weight excluding hydrogens is 164 g/mol. The van der Waals surface area contributed by atoms with E-state index >= 15 is 0 Å². The molecule has 2 heteroatoms. The van der Waals surface area contributed by atoms with E-state index in [1.165, 1.54) is 0 Å². The van der Waals surface area contributed by atoms with Crippen molar-refractivity contribution in [3.63, 3.8) is 0 Å². The van der Waals surface area contributed by atoms with Crippen LogP contribution in [0.25, 0.3) is 0 Å². The van der Waals surface area contributed by atoms with Gasteiger partial charge in [0.15, 0.2) is 0 Å². The van der Waals surface area contributed by atoms with E-state index in [1.54, 1.807) is 0 Å². The van der Waals surface area contributed by atoms with Crippen molar-refractivity contribution in [1.82, 2.24) is 0 Å². The van der Waals surface area contributed by atoms with Crippen LogP contribution < -0.4 is 0 Å². The highest BCUT2D eigenvalue weighted by molar-refractivity contribution is 6.07. The van der Waals surface area contributed by atoms with Crippen molar-refractivity contribution in [2.75, 3.05) is 0 Å². The summed E-state index contributed by atoms with van der Waals surface area (Å²) < 4.78 is 0. The Bertz CT molecular complexity index is 194. The molecule has 0 amide bonds. The molecule has 0 aromatic heterocycles. The first-order valence-electron chi connectivity index (χ1n) is 5.24. The fourth-order valence-electron chi connectivity index (χ4n) is 2.37. The highest BCUT2D eigenvalue weighted by Crippen LogP contribution is 2.41. The fourth-order valence-corrected chi connectivity index (χ4v) is 2.37. The summed E-state index contributed by atoms with van der Waals surface area (Å²) in [4.78, 5) is 23.4. The summed E-state index contributed by atoms with van der Waals surface area (Å²) in [5, 5.41) is 0. The van der Waals surface area contributed by atoms with Gasteiger partial charge < -0.3 is 0 Å². The molecule has 0 heterocycles. The second-order valence-corrected chi connectivity index (χ2v) is 3.84. The fraction of sp³-hybridized carbons (Fsp3) is 0.818. The van der Waals surface area contributed by atoms with Crippen molar-refractivity contribution in [1.29, 1.82) is 0 Å². The van der Waals surface area contributed by atoms with Crippen LogP contribution in [0.1, 0.15) is 52.4 Å².